The summed E-state index contributed by atoms with van der Waals surface area (Å²) >= 11 is 0. The number of unbranched alkanes of at least 4 members (excludes halogenated alkanes) is 17. The summed E-state index contributed by atoms with van der Waals surface area (Å²) in [6.45, 7) is 11.0. The lowest BCUT2D eigenvalue weighted by Crippen LogP contribution is -2.09. The second-order valence-electron chi connectivity index (χ2n) is 16.7. The molecule has 0 saturated heterocycles. The lowest BCUT2D eigenvalue weighted by atomic mass is 9.93. The van der Waals surface area contributed by atoms with Crippen molar-refractivity contribution >= 4 is 44.3 Å². The van der Waals surface area contributed by atoms with Crippen LogP contribution >= 0.6 is 0 Å². The van der Waals surface area contributed by atoms with Crippen LogP contribution in [0.3, 0.4) is 0 Å². The Morgan fingerprint density at radius 2 is 0.705 bits per heavy atom. The molecule has 9 nitrogen and oxygen atoms in total. The summed E-state index contributed by atoms with van der Waals surface area (Å²) in [5.74, 6) is 1.67. The van der Waals surface area contributed by atoms with E-state index in [0.29, 0.717) is 68.0 Å². The molecule has 4 rings (SSSR count). The van der Waals surface area contributed by atoms with E-state index in [2.05, 4.69) is 39.8 Å². The van der Waals surface area contributed by atoms with E-state index >= 15 is 0 Å². The standard InChI is InChI=1S/C52H76O9/c1-5-9-13-23-29-57-46-34-40-39(33-45(46)53)44-38-50(61-52(56)28-22-20-18-17-19-21-27-51(54)55)49(60-32-26-16-12-8-4)37-43(44)42-36-48(59-31-25-15-11-7-3)47(35-41(40)42)58-30-24-14-10-6-2/h33-38,53H,5-32H2,1-4H3,(H,54,55). The first-order valence-corrected chi connectivity index (χ1v) is 24.0. The number of carbonyl (C=O) groups excluding carboxylic acids is 1. The first-order valence-electron chi connectivity index (χ1n) is 24.0. The maximum absolute atomic E-state index is 13.4. The molecule has 2 N–H and O–H groups in total. The second-order valence-corrected chi connectivity index (χ2v) is 16.7. The molecule has 0 spiro atoms. The highest BCUT2D eigenvalue weighted by Crippen LogP contribution is 2.47. The molecule has 0 aliphatic heterocycles. The molecule has 61 heavy (non-hydrogen) atoms. The zero-order chi connectivity index (χ0) is 43.7. The van der Waals surface area contributed by atoms with Crippen molar-refractivity contribution in [1.82, 2.24) is 0 Å². The quantitative estimate of drug-likeness (QED) is 0.0205. The zero-order valence-electron chi connectivity index (χ0n) is 38.0. The molecule has 0 amide bonds. The summed E-state index contributed by atoms with van der Waals surface area (Å²) in [6.07, 6.45) is 22.6. The van der Waals surface area contributed by atoms with E-state index in [1.54, 1.807) is 6.07 Å². The summed E-state index contributed by atoms with van der Waals surface area (Å²) in [4.78, 5) is 24.3. The van der Waals surface area contributed by atoms with E-state index in [0.717, 1.165) is 148 Å². The number of phenolic OH excluding ortho intramolecular Hbond substituents is 1. The fourth-order valence-corrected chi connectivity index (χ4v) is 7.83. The number of hydrogen-bond acceptors (Lipinski definition) is 8. The third-order valence-electron chi connectivity index (χ3n) is 11.4. The Kier molecular flexibility index (Phi) is 22.8. The number of benzene rings is 4. The smallest absolute Gasteiger partial charge is 0.311 e. The maximum atomic E-state index is 13.4. The SMILES string of the molecule is CCCCCCOc1cc2c(cc1O)c1cc(OC(=O)CCCCCCCCC(=O)O)c(OCCCCCC)cc1c1cc(OCCCCCC)c(OCCCCCC)cc21. The molecule has 0 aromatic heterocycles. The molecule has 0 bridgehead atoms. The number of carboxylic acid groups (broad SMARTS) is 1. The number of ether oxygens (including phenoxy) is 5. The van der Waals surface area contributed by atoms with Crippen molar-refractivity contribution in [3.8, 4) is 34.5 Å². The van der Waals surface area contributed by atoms with Crippen LogP contribution in [0.15, 0.2) is 36.4 Å². The average molecular weight is 845 g/mol. The third-order valence-corrected chi connectivity index (χ3v) is 11.4. The number of aromatic hydroxyl groups is 1. The second kappa shape index (κ2) is 28.2. The molecule has 0 saturated carbocycles. The van der Waals surface area contributed by atoms with Gasteiger partial charge in [0.15, 0.2) is 34.5 Å². The minimum absolute atomic E-state index is 0.0563. The number of carbonyl (C=O) groups is 2. The molecule has 338 valence electrons. The molecule has 0 aliphatic rings. The normalized spacial score (nSPS) is 11.4. The number of esters is 1. The third kappa shape index (κ3) is 16.4. The Morgan fingerprint density at radius 1 is 0.393 bits per heavy atom. The number of hydrogen-bond donors (Lipinski definition) is 2. The van der Waals surface area contributed by atoms with Crippen LogP contribution in [-0.4, -0.2) is 48.6 Å². The van der Waals surface area contributed by atoms with E-state index in [9.17, 15) is 14.7 Å². The highest BCUT2D eigenvalue weighted by Gasteiger charge is 2.21. The Hall–Kier alpha value is -4.40. The van der Waals surface area contributed by atoms with Crippen LogP contribution in [0.5, 0.6) is 34.5 Å². The summed E-state index contributed by atoms with van der Waals surface area (Å²) < 4.78 is 31.9. The van der Waals surface area contributed by atoms with Crippen LogP contribution in [-0.2, 0) is 9.59 Å². The van der Waals surface area contributed by atoms with E-state index in [1.807, 2.05) is 18.2 Å². The molecule has 0 aliphatic carbocycles. The molecule has 0 radical (unpaired) electrons. The molecule has 0 unspecified atom stereocenters. The number of rotatable bonds is 34. The van der Waals surface area contributed by atoms with Crippen LogP contribution < -0.4 is 23.7 Å². The fourth-order valence-electron chi connectivity index (χ4n) is 7.83. The molecule has 0 heterocycles. The van der Waals surface area contributed by atoms with Gasteiger partial charge in [-0.1, -0.05) is 130 Å². The minimum atomic E-state index is -0.759. The first kappa shape index (κ1) is 49.3. The van der Waals surface area contributed by atoms with Gasteiger partial charge in [0.2, 0.25) is 0 Å². The summed E-state index contributed by atoms with van der Waals surface area (Å²) in [5.41, 5.74) is 0. The van der Waals surface area contributed by atoms with Crippen LogP contribution in [0.2, 0.25) is 0 Å². The van der Waals surface area contributed by atoms with Crippen molar-refractivity contribution < 1.29 is 43.5 Å². The van der Waals surface area contributed by atoms with Crippen molar-refractivity contribution in [2.75, 3.05) is 26.4 Å². The summed E-state index contributed by atoms with van der Waals surface area (Å²) in [5, 5.41) is 25.6. The van der Waals surface area contributed by atoms with E-state index < -0.39 is 5.97 Å². The molecule has 0 fully saturated rings. The Morgan fingerprint density at radius 3 is 1.11 bits per heavy atom. The van der Waals surface area contributed by atoms with Crippen LogP contribution in [0.1, 0.15) is 182 Å². The number of fused-ring (bicyclic) bond motifs is 6. The lowest BCUT2D eigenvalue weighted by molar-refractivity contribution is -0.137. The molecule has 0 atom stereocenters. The van der Waals surface area contributed by atoms with Gasteiger partial charge in [0.1, 0.15) is 0 Å². The molecule has 4 aromatic rings. The van der Waals surface area contributed by atoms with Crippen LogP contribution in [0.4, 0.5) is 0 Å². The first-order chi connectivity index (χ1) is 29.8. The van der Waals surface area contributed by atoms with Gasteiger partial charge in [-0.2, -0.15) is 0 Å². The Labute approximate surface area is 365 Å². The van der Waals surface area contributed by atoms with E-state index in [-0.39, 0.29) is 24.6 Å². The van der Waals surface area contributed by atoms with Crippen LogP contribution in [0, 0.1) is 0 Å². The van der Waals surface area contributed by atoms with Gasteiger partial charge >= 0.3 is 11.9 Å². The van der Waals surface area contributed by atoms with Gasteiger partial charge in [-0.25, -0.2) is 0 Å². The molecule has 4 aromatic carbocycles. The highest BCUT2D eigenvalue weighted by atomic mass is 16.6. The fraction of sp³-hybridized carbons (Fsp3) is 0.615. The van der Waals surface area contributed by atoms with Crippen molar-refractivity contribution in [1.29, 1.82) is 0 Å². The van der Waals surface area contributed by atoms with Gasteiger partial charge in [0.05, 0.1) is 26.4 Å². The predicted octanol–water partition coefficient (Wildman–Crippen LogP) is 14.8. The van der Waals surface area contributed by atoms with Crippen LogP contribution in [0.25, 0.3) is 32.3 Å². The minimum Gasteiger partial charge on any atom is -0.504 e. The van der Waals surface area contributed by atoms with Gasteiger partial charge in [-0.05, 0) is 107 Å². The predicted molar refractivity (Wildman–Crippen MR) is 249 cm³/mol. The number of phenols is 1. The zero-order valence-corrected chi connectivity index (χ0v) is 38.0. The van der Waals surface area contributed by atoms with Gasteiger partial charge in [0, 0.05) is 12.8 Å². The monoisotopic (exact) mass is 845 g/mol. The van der Waals surface area contributed by atoms with Gasteiger partial charge in [-0.15, -0.1) is 0 Å². The number of aliphatic carboxylic acids is 1. The highest BCUT2D eigenvalue weighted by molar-refractivity contribution is 6.27. The maximum Gasteiger partial charge on any atom is 0.311 e. The summed E-state index contributed by atoms with van der Waals surface area (Å²) in [6, 6.07) is 11.8. The van der Waals surface area contributed by atoms with Crippen molar-refractivity contribution in [3.63, 3.8) is 0 Å². The van der Waals surface area contributed by atoms with Crippen molar-refractivity contribution in [2.24, 2.45) is 0 Å². The average Bonchev–Trinajstić information content (AvgIpc) is 3.24. The molecule has 9 heteroatoms. The lowest BCUT2D eigenvalue weighted by Gasteiger charge is -2.19. The number of carboxylic acids is 1. The molecular formula is C52H76O9. The molecular weight excluding hydrogens is 769 g/mol. The van der Waals surface area contributed by atoms with Crippen molar-refractivity contribution in [3.05, 3.63) is 36.4 Å². The Balaban J connectivity index is 1.80. The van der Waals surface area contributed by atoms with Gasteiger partial charge in [0.25, 0.3) is 0 Å². The van der Waals surface area contributed by atoms with Gasteiger partial charge < -0.3 is 33.9 Å². The van der Waals surface area contributed by atoms with Gasteiger partial charge in [-0.3, -0.25) is 9.59 Å². The summed E-state index contributed by atoms with van der Waals surface area (Å²) in [7, 11) is 0. The largest absolute Gasteiger partial charge is 0.504 e. The Bertz CT molecular complexity index is 1920. The van der Waals surface area contributed by atoms with Crippen molar-refractivity contribution in [2.45, 2.75) is 182 Å². The topological polar surface area (TPSA) is 121 Å². The van der Waals surface area contributed by atoms with E-state index in [1.165, 1.54) is 12.8 Å². The van der Waals surface area contributed by atoms with E-state index in [4.69, 9.17) is 28.8 Å².